The minimum Gasteiger partial charge on any atom is -0.444 e. The first-order valence-corrected chi connectivity index (χ1v) is 11.5. The average molecular weight is 533 g/mol. The zero-order valence-electron chi connectivity index (χ0n) is 21.1. The van der Waals surface area contributed by atoms with Crippen LogP contribution < -0.4 is 16.2 Å². The van der Waals surface area contributed by atoms with Crippen LogP contribution in [0.25, 0.3) is 0 Å². The van der Waals surface area contributed by atoms with Gasteiger partial charge in [-0.2, -0.15) is 0 Å². The van der Waals surface area contributed by atoms with Crippen LogP contribution in [0.4, 0.5) is 23.8 Å². The van der Waals surface area contributed by atoms with Crippen molar-refractivity contribution in [2.24, 2.45) is 0 Å². The van der Waals surface area contributed by atoms with Crippen molar-refractivity contribution >= 4 is 17.8 Å². The number of aromatic amines is 1. The van der Waals surface area contributed by atoms with Gasteiger partial charge in [-0.15, -0.1) is 0 Å². The van der Waals surface area contributed by atoms with Gasteiger partial charge in [0, 0.05) is 31.0 Å². The number of amides is 2. The van der Waals surface area contributed by atoms with Crippen LogP contribution in [0.5, 0.6) is 0 Å². The first-order valence-electron chi connectivity index (χ1n) is 11.5. The first kappa shape index (κ1) is 28.4. The molecule has 0 radical (unpaired) electrons. The molecule has 0 aliphatic carbocycles. The lowest BCUT2D eigenvalue weighted by molar-refractivity contribution is -0.118. The molecule has 1 aromatic carbocycles. The summed E-state index contributed by atoms with van der Waals surface area (Å²) in [5.41, 5.74) is -0.887. The first-order chi connectivity index (χ1) is 17.9. The van der Waals surface area contributed by atoms with Crippen LogP contribution in [-0.4, -0.2) is 41.3 Å². The lowest BCUT2D eigenvalue weighted by atomic mass is 9.93. The number of H-pyrrole nitrogens is 1. The summed E-state index contributed by atoms with van der Waals surface area (Å²) in [6, 6.07) is 5.38. The number of aromatic nitrogens is 2. The lowest BCUT2D eigenvalue weighted by Gasteiger charge is -2.23. The number of halogens is 3. The smallest absolute Gasteiger partial charge is 0.408 e. The number of carbonyl (C=O) groups is 2. The highest BCUT2D eigenvalue weighted by Crippen LogP contribution is 2.25. The fraction of sp³-hybridized carbons (Fsp3) is 0.308. The van der Waals surface area contributed by atoms with E-state index in [0.717, 1.165) is 30.5 Å². The standard InChI is InChI=1S/C26H27F3N4O5/c1-26(2,3)38-25(36)33-22(15-5-6-19(28)20(29)9-15)24(35)32-21-10-14(7-8-30-21)18(13-37-4)17-11-16(27)12-31-23(17)34/h5-12,18,22H,13H2,1-4H3,(H,31,34)(H,33,36)(H,30,32,35)/t18-,22+/m1/s1. The number of hydrogen-bond acceptors (Lipinski definition) is 6. The van der Waals surface area contributed by atoms with Crippen molar-refractivity contribution in [1.29, 1.82) is 0 Å². The maximum atomic E-state index is 13.9. The van der Waals surface area contributed by atoms with Gasteiger partial charge < -0.3 is 25.1 Å². The summed E-state index contributed by atoms with van der Waals surface area (Å²) in [5.74, 6) is -4.52. The van der Waals surface area contributed by atoms with E-state index in [1.807, 2.05) is 0 Å². The van der Waals surface area contributed by atoms with E-state index < -0.39 is 52.6 Å². The molecule has 2 heterocycles. The number of nitrogens with one attached hydrogen (secondary N) is 3. The number of alkyl carbamates (subject to hydrolysis) is 1. The lowest BCUT2D eigenvalue weighted by Crippen LogP contribution is -2.40. The fourth-order valence-corrected chi connectivity index (χ4v) is 3.61. The molecule has 12 heteroatoms. The minimum absolute atomic E-state index is 0.0139. The molecule has 2 aromatic heterocycles. The van der Waals surface area contributed by atoms with Crippen LogP contribution in [0.2, 0.25) is 0 Å². The van der Waals surface area contributed by atoms with E-state index in [1.165, 1.54) is 19.4 Å². The topological polar surface area (TPSA) is 122 Å². The number of carbonyl (C=O) groups excluding carboxylic acids is 2. The summed E-state index contributed by atoms with van der Waals surface area (Å²) in [5, 5.41) is 4.88. The third-order valence-corrected chi connectivity index (χ3v) is 5.24. The molecule has 9 nitrogen and oxygen atoms in total. The summed E-state index contributed by atoms with van der Waals surface area (Å²) in [6.45, 7) is 4.87. The van der Waals surface area contributed by atoms with Gasteiger partial charge in [0.1, 0.15) is 23.3 Å². The number of benzene rings is 1. The van der Waals surface area contributed by atoms with Crippen molar-refractivity contribution in [3.8, 4) is 0 Å². The SMILES string of the molecule is COC[C@H](c1ccnc(NC(=O)[C@@H](NC(=O)OC(C)(C)C)c2ccc(F)c(F)c2)c1)c1cc(F)c[nH]c1=O. The van der Waals surface area contributed by atoms with E-state index in [9.17, 15) is 27.6 Å². The van der Waals surface area contributed by atoms with Gasteiger partial charge in [-0.1, -0.05) is 6.07 Å². The number of rotatable bonds is 8. The Morgan fingerprint density at radius 1 is 1.05 bits per heavy atom. The molecule has 2 atom stereocenters. The van der Waals surface area contributed by atoms with Gasteiger partial charge >= 0.3 is 6.09 Å². The third-order valence-electron chi connectivity index (χ3n) is 5.24. The molecule has 0 bridgehead atoms. The van der Waals surface area contributed by atoms with Crippen molar-refractivity contribution in [3.63, 3.8) is 0 Å². The molecule has 0 fully saturated rings. The molecular weight excluding hydrogens is 505 g/mol. The molecule has 3 aromatic rings. The van der Waals surface area contributed by atoms with Crippen LogP contribution in [0.3, 0.4) is 0 Å². The molecule has 0 unspecified atom stereocenters. The van der Waals surface area contributed by atoms with Crippen molar-refractivity contribution in [2.45, 2.75) is 38.3 Å². The molecule has 0 aliphatic rings. The van der Waals surface area contributed by atoms with E-state index in [1.54, 1.807) is 26.8 Å². The predicted octanol–water partition coefficient (Wildman–Crippen LogP) is 4.17. The zero-order chi connectivity index (χ0) is 28.0. The maximum absolute atomic E-state index is 13.9. The Labute approximate surface area is 216 Å². The van der Waals surface area contributed by atoms with Crippen LogP contribution >= 0.6 is 0 Å². The number of pyridine rings is 2. The second-order valence-electron chi connectivity index (χ2n) is 9.33. The Morgan fingerprint density at radius 2 is 1.79 bits per heavy atom. The summed E-state index contributed by atoms with van der Waals surface area (Å²) < 4.78 is 51.7. The molecule has 3 N–H and O–H groups in total. The summed E-state index contributed by atoms with van der Waals surface area (Å²) in [4.78, 5) is 44.4. The Bertz CT molecular complexity index is 1370. The van der Waals surface area contributed by atoms with Crippen molar-refractivity contribution in [3.05, 3.63) is 93.3 Å². The number of ether oxygens (including phenoxy) is 2. The summed E-state index contributed by atoms with van der Waals surface area (Å²) in [7, 11) is 1.42. The van der Waals surface area contributed by atoms with E-state index in [-0.39, 0.29) is 23.6 Å². The molecule has 0 saturated heterocycles. The van der Waals surface area contributed by atoms with Gasteiger partial charge in [0.25, 0.3) is 11.5 Å². The molecule has 38 heavy (non-hydrogen) atoms. The number of anilines is 1. The largest absolute Gasteiger partial charge is 0.444 e. The highest BCUT2D eigenvalue weighted by atomic mass is 19.2. The molecule has 202 valence electrons. The molecule has 0 aliphatic heterocycles. The quantitative estimate of drug-likeness (QED) is 0.400. The van der Waals surface area contributed by atoms with Crippen LogP contribution in [0.1, 0.15) is 49.4 Å². The predicted molar refractivity (Wildman–Crippen MR) is 132 cm³/mol. The van der Waals surface area contributed by atoms with Crippen LogP contribution in [0.15, 0.2) is 53.6 Å². The van der Waals surface area contributed by atoms with Crippen LogP contribution in [0, 0.1) is 17.5 Å². The van der Waals surface area contributed by atoms with Gasteiger partial charge in [-0.25, -0.2) is 22.9 Å². The highest BCUT2D eigenvalue weighted by Gasteiger charge is 2.28. The monoisotopic (exact) mass is 532 g/mol. The van der Waals surface area contributed by atoms with Gasteiger partial charge in [0.15, 0.2) is 11.6 Å². The minimum atomic E-state index is -1.48. The number of hydrogen-bond donors (Lipinski definition) is 3. The van der Waals surface area contributed by atoms with Gasteiger partial charge in [0.2, 0.25) is 0 Å². The normalized spacial score (nSPS) is 12.9. The Kier molecular flexibility index (Phi) is 8.89. The van der Waals surface area contributed by atoms with E-state index in [4.69, 9.17) is 9.47 Å². The van der Waals surface area contributed by atoms with Crippen LogP contribution in [-0.2, 0) is 14.3 Å². The molecule has 0 spiro atoms. The summed E-state index contributed by atoms with van der Waals surface area (Å²) >= 11 is 0. The molecule has 3 rings (SSSR count). The van der Waals surface area contributed by atoms with Gasteiger partial charge in [-0.3, -0.25) is 9.59 Å². The maximum Gasteiger partial charge on any atom is 0.408 e. The van der Waals surface area contributed by atoms with Crippen molar-refractivity contribution < 1.29 is 32.2 Å². The molecule has 0 saturated carbocycles. The molecule has 2 amide bonds. The van der Waals surface area contributed by atoms with Gasteiger partial charge in [-0.05, 0) is 62.2 Å². The van der Waals surface area contributed by atoms with E-state index >= 15 is 0 Å². The number of nitrogens with zero attached hydrogens (tertiary/aromatic N) is 1. The third kappa shape index (κ3) is 7.42. The highest BCUT2D eigenvalue weighted by molar-refractivity contribution is 5.96. The second-order valence-corrected chi connectivity index (χ2v) is 9.33. The Hall–Kier alpha value is -4.19. The Morgan fingerprint density at radius 3 is 2.45 bits per heavy atom. The second kappa shape index (κ2) is 11.9. The van der Waals surface area contributed by atoms with Gasteiger partial charge in [0.05, 0.1) is 6.61 Å². The summed E-state index contributed by atoms with van der Waals surface area (Å²) in [6.07, 6.45) is 1.33. The van der Waals surface area contributed by atoms with Crippen molar-refractivity contribution in [2.75, 3.05) is 19.0 Å². The Balaban J connectivity index is 1.92. The fourth-order valence-electron chi connectivity index (χ4n) is 3.61. The van der Waals surface area contributed by atoms with E-state index in [2.05, 4.69) is 20.6 Å². The van der Waals surface area contributed by atoms with Crippen molar-refractivity contribution in [1.82, 2.24) is 15.3 Å². The van der Waals surface area contributed by atoms with E-state index in [0.29, 0.717) is 5.56 Å². The average Bonchev–Trinajstić information content (AvgIpc) is 2.83. The molecular formula is C26H27F3N4O5. The zero-order valence-corrected chi connectivity index (χ0v) is 21.1. The number of methoxy groups -OCH3 is 1.